The lowest BCUT2D eigenvalue weighted by Crippen LogP contribution is -2.36. The van der Waals surface area contributed by atoms with E-state index >= 15 is 0 Å². The maximum Gasteiger partial charge on any atom is 0.258 e. The van der Waals surface area contributed by atoms with Crippen molar-refractivity contribution in [3.63, 3.8) is 0 Å². The van der Waals surface area contributed by atoms with Crippen LogP contribution in [-0.4, -0.2) is 18.6 Å². The third-order valence-corrected chi connectivity index (χ3v) is 3.67. The highest BCUT2D eigenvalue weighted by Gasteiger charge is 2.09. The standard InChI is InChI=1S/C18H19ClFNO2/c1-13(7-8-14-5-3-2-4-6-14)21-18(22)12-23-15-9-10-17(20)16(19)11-15/h2-6,9-11,13H,7-8,12H2,1H3,(H,21,22)/t13-/m0/s1. The normalized spacial score (nSPS) is 11.8. The van der Waals surface area contributed by atoms with Crippen molar-refractivity contribution in [2.75, 3.05) is 6.61 Å². The van der Waals surface area contributed by atoms with E-state index in [4.69, 9.17) is 16.3 Å². The molecule has 0 aliphatic rings. The number of halogens is 2. The number of hydrogen-bond donors (Lipinski definition) is 1. The molecule has 0 unspecified atom stereocenters. The van der Waals surface area contributed by atoms with Crippen LogP contribution in [0.4, 0.5) is 4.39 Å². The molecule has 23 heavy (non-hydrogen) atoms. The SMILES string of the molecule is C[C@@H](CCc1ccccc1)NC(=O)COc1ccc(F)c(Cl)c1. The van der Waals surface area contributed by atoms with Gasteiger partial charge in [-0.3, -0.25) is 4.79 Å². The highest BCUT2D eigenvalue weighted by atomic mass is 35.5. The number of nitrogens with one attached hydrogen (secondary N) is 1. The van der Waals surface area contributed by atoms with Gasteiger partial charge in [0.25, 0.3) is 5.91 Å². The first kappa shape index (κ1) is 17.3. The van der Waals surface area contributed by atoms with Crippen LogP contribution in [-0.2, 0) is 11.2 Å². The van der Waals surface area contributed by atoms with Crippen LogP contribution in [0.1, 0.15) is 18.9 Å². The number of carbonyl (C=O) groups is 1. The quantitative estimate of drug-likeness (QED) is 0.830. The number of rotatable bonds is 7. The molecule has 1 amide bonds. The van der Waals surface area contributed by atoms with Crippen LogP contribution in [0.5, 0.6) is 5.75 Å². The number of amides is 1. The molecule has 0 bridgehead atoms. The van der Waals surface area contributed by atoms with E-state index in [1.54, 1.807) is 0 Å². The van der Waals surface area contributed by atoms with Crippen molar-refractivity contribution >= 4 is 17.5 Å². The summed E-state index contributed by atoms with van der Waals surface area (Å²) in [5.74, 6) is -0.368. The molecule has 0 radical (unpaired) electrons. The number of hydrogen-bond acceptors (Lipinski definition) is 2. The van der Waals surface area contributed by atoms with Gasteiger partial charge in [0.15, 0.2) is 6.61 Å². The summed E-state index contributed by atoms with van der Waals surface area (Å²) in [4.78, 5) is 11.8. The fourth-order valence-corrected chi connectivity index (χ4v) is 2.30. The molecule has 1 atom stereocenters. The number of benzene rings is 2. The molecule has 0 aliphatic carbocycles. The Kier molecular flexibility index (Phi) is 6.41. The minimum atomic E-state index is -0.516. The lowest BCUT2D eigenvalue weighted by Gasteiger charge is -2.14. The third kappa shape index (κ3) is 5.91. The van der Waals surface area contributed by atoms with Gasteiger partial charge in [0, 0.05) is 12.1 Å². The monoisotopic (exact) mass is 335 g/mol. The van der Waals surface area contributed by atoms with Crippen molar-refractivity contribution < 1.29 is 13.9 Å². The lowest BCUT2D eigenvalue weighted by atomic mass is 10.1. The summed E-state index contributed by atoms with van der Waals surface area (Å²) in [5.41, 5.74) is 1.24. The van der Waals surface area contributed by atoms with Gasteiger partial charge in [0.05, 0.1) is 5.02 Å². The molecule has 0 saturated heterocycles. The van der Waals surface area contributed by atoms with Crippen LogP contribution in [0, 0.1) is 5.82 Å². The van der Waals surface area contributed by atoms with E-state index in [-0.39, 0.29) is 23.6 Å². The molecule has 0 aromatic heterocycles. The number of aryl methyl sites for hydroxylation is 1. The smallest absolute Gasteiger partial charge is 0.258 e. The van der Waals surface area contributed by atoms with E-state index in [0.717, 1.165) is 12.8 Å². The fraction of sp³-hybridized carbons (Fsp3) is 0.278. The maximum atomic E-state index is 13.0. The predicted octanol–water partition coefficient (Wildman–Crippen LogP) is 4.00. The summed E-state index contributed by atoms with van der Waals surface area (Å²) in [7, 11) is 0. The van der Waals surface area contributed by atoms with Crippen LogP contribution >= 0.6 is 11.6 Å². The second-order valence-corrected chi connectivity index (χ2v) is 5.76. The Morgan fingerprint density at radius 1 is 1.26 bits per heavy atom. The molecule has 0 spiro atoms. The molecule has 1 N–H and O–H groups in total. The summed E-state index contributed by atoms with van der Waals surface area (Å²) in [5, 5.41) is 2.85. The largest absolute Gasteiger partial charge is 0.484 e. The first-order valence-corrected chi connectivity index (χ1v) is 7.83. The van der Waals surface area contributed by atoms with E-state index in [1.807, 2.05) is 25.1 Å². The topological polar surface area (TPSA) is 38.3 Å². The Morgan fingerprint density at radius 2 is 2.00 bits per heavy atom. The second kappa shape index (κ2) is 8.53. The zero-order valence-corrected chi connectivity index (χ0v) is 13.6. The summed E-state index contributed by atoms with van der Waals surface area (Å²) in [6.45, 7) is 1.83. The molecule has 2 rings (SSSR count). The average Bonchev–Trinajstić information content (AvgIpc) is 2.55. The van der Waals surface area contributed by atoms with Crippen molar-refractivity contribution in [2.45, 2.75) is 25.8 Å². The van der Waals surface area contributed by atoms with E-state index in [0.29, 0.717) is 5.75 Å². The number of ether oxygens (including phenoxy) is 1. The van der Waals surface area contributed by atoms with Crippen molar-refractivity contribution in [3.8, 4) is 5.75 Å². The Hall–Kier alpha value is -2.07. The first-order valence-electron chi connectivity index (χ1n) is 7.45. The van der Waals surface area contributed by atoms with Gasteiger partial charge >= 0.3 is 0 Å². The molecule has 0 fully saturated rings. The van der Waals surface area contributed by atoms with Gasteiger partial charge in [-0.15, -0.1) is 0 Å². The molecule has 122 valence electrons. The Morgan fingerprint density at radius 3 is 2.70 bits per heavy atom. The third-order valence-electron chi connectivity index (χ3n) is 3.38. The molecule has 2 aromatic carbocycles. The molecule has 5 heteroatoms. The minimum Gasteiger partial charge on any atom is -0.484 e. The van der Waals surface area contributed by atoms with Crippen molar-refractivity contribution in [2.24, 2.45) is 0 Å². The molecule has 0 heterocycles. The second-order valence-electron chi connectivity index (χ2n) is 5.36. The van der Waals surface area contributed by atoms with E-state index < -0.39 is 5.82 Å². The first-order chi connectivity index (χ1) is 11.0. The van der Waals surface area contributed by atoms with Crippen molar-refractivity contribution in [3.05, 3.63) is 64.9 Å². The Bertz CT molecular complexity index is 649. The molecule has 2 aromatic rings. The van der Waals surface area contributed by atoms with Gasteiger partial charge in [-0.2, -0.15) is 0 Å². The molecule has 0 saturated carbocycles. The predicted molar refractivity (Wildman–Crippen MR) is 89.3 cm³/mol. The van der Waals surface area contributed by atoms with Crippen LogP contribution in [0.2, 0.25) is 5.02 Å². The van der Waals surface area contributed by atoms with Gasteiger partial charge in [0.1, 0.15) is 11.6 Å². The number of carbonyl (C=O) groups excluding carboxylic acids is 1. The van der Waals surface area contributed by atoms with Crippen LogP contribution in [0.3, 0.4) is 0 Å². The molecular weight excluding hydrogens is 317 g/mol. The summed E-state index contributed by atoms with van der Waals surface area (Å²) < 4.78 is 18.3. The maximum absolute atomic E-state index is 13.0. The van der Waals surface area contributed by atoms with E-state index in [2.05, 4.69) is 17.4 Å². The van der Waals surface area contributed by atoms with E-state index in [9.17, 15) is 9.18 Å². The molecule has 0 aliphatic heterocycles. The van der Waals surface area contributed by atoms with Crippen molar-refractivity contribution in [1.29, 1.82) is 0 Å². The van der Waals surface area contributed by atoms with E-state index in [1.165, 1.54) is 23.8 Å². The summed E-state index contributed by atoms with van der Waals surface area (Å²) in [6, 6.07) is 14.2. The van der Waals surface area contributed by atoms with Crippen LogP contribution < -0.4 is 10.1 Å². The van der Waals surface area contributed by atoms with Gasteiger partial charge in [0.2, 0.25) is 0 Å². The van der Waals surface area contributed by atoms with Gasteiger partial charge in [-0.05, 0) is 37.5 Å². The van der Waals surface area contributed by atoms with Gasteiger partial charge in [-0.1, -0.05) is 41.9 Å². The van der Waals surface area contributed by atoms with Crippen LogP contribution in [0.25, 0.3) is 0 Å². The highest BCUT2D eigenvalue weighted by Crippen LogP contribution is 2.20. The van der Waals surface area contributed by atoms with Gasteiger partial charge in [-0.25, -0.2) is 4.39 Å². The zero-order valence-electron chi connectivity index (χ0n) is 12.9. The molecular formula is C18H19ClFNO2. The lowest BCUT2D eigenvalue weighted by molar-refractivity contribution is -0.123. The Balaban J connectivity index is 1.72. The van der Waals surface area contributed by atoms with Crippen molar-refractivity contribution in [1.82, 2.24) is 5.32 Å². The summed E-state index contributed by atoms with van der Waals surface area (Å²) >= 11 is 5.66. The van der Waals surface area contributed by atoms with Crippen LogP contribution in [0.15, 0.2) is 48.5 Å². The molecule has 3 nitrogen and oxygen atoms in total. The fourth-order valence-electron chi connectivity index (χ4n) is 2.13. The highest BCUT2D eigenvalue weighted by molar-refractivity contribution is 6.30. The van der Waals surface area contributed by atoms with Gasteiger partial charge < -0.3 is 10.1 Å². The Labute approximate surface area is 140 Å². The minimum absolute atomic E-state index is 0.0286. The average molecular weight is 336 g/mol. The summed E-state index contributed by atoms with van der Waals surface area (Å²) in [6.07, 6.45) is 1.74. The zero-order chi connectivity index (χ0) is 16.7.